The molecule has 0 unspecified atom stereocenters. The smallest absolute Gasteiger partial charge is 0.251 e. The zero-order valence-corrected chi connectivity index (χ0v) is 12.1. The fourth-order valence-electron chi connectivity index (χ4n) is 2.17. The van der Waals surface area contributed by atoms with E-state index in [2.05, 4.69) is 10.6 Å². The number of hydrogen-bond acceptors (Lipinski definition) is 4. The van der Waals surface area contributed by atoms with Crippen LogP contribution in [0.25, 0.3) is 0 Å². The number of hydrogen-bond donors (Lipinski definition) is 2. The Kier molecular flexibility index (Phi) is 6.29. The second-order valence-corrected chi connectivity index (χ2v) is 4.52. The van der Waals surface area contributed by atoms with Crippen molar-refractivity contribution in [2.45, 2.75) is 18.9 Å². The SMILES string of the molecule is COc1ccc(C(=O)NC2CCNCC2)cc1C#N.Cl. The molecule has 0 saturated carbocycles. The van der Waals surface area contributed by atoms with Gasteiger partial charge in [-0.3, -0.25) is 4.79 Å². The first-order valence-corrected chi connectivity index (χ1v) is 6.34. The molecular formula is C14H18ClN3O2. The van der Waals surface area contributed by atoms with Crippen LogP contribution in [0.1, 0.15) is 28.8 Å². The lowest BCUT2D eigenvalue weighted by molar-refractivity contribution is 0.0929. The van der Waals surface area contributed by atoms with E-state index in [-0.39, 0.29) is 24.4 Å². The summed E-state index contributed by atoms with van der Waals surface area (Å²) >= 11 is 0. The summed E-state index contributed by atoms with van der Waals surface area (Å²) in [6.45, 7) is 1.86. The van der Waals surface area contributed by atoms with E-state index in [1.54, 1.807) is 18.2 Å². The summed E-state index contributed by atoms with van der Waals surface area (Å²) in [5.41, 5.74) is 0.872. The lowest BCUT2D eigenvalue weighted by Crippen LogP contribution is -2.42. The van der Waals surface area contributed by atoms with Gasteiger partial charge in [0.25, 0.3) is 5.91 Å². The number of nitrogens with zero attached hydrogens (tertiary/aromatic N) is 1. The van der Waals surface area contributed by atoms with Crippen LogP contribution >= 0.6 is 12.4 Å². The molecule has 5 nitrogen and oxygen atoms in total. The Hall–Kier alpha value is -1.77. The number of carbonyl (C=O) groups is 1. The molecule has 0 aliphatic carbocycles. The molecule has 20 heavy (non-hydrogen) atoms. The minimum absolute atomic E-state index is 0. The standard InChI is InChI=1S/C14H17N3O2.ClH/c1-19-13-3-2-10(8-11(13)9-15)14(18)17-12-4-6-16-7-5-12;/h2-3,8,12,16H,4-7H2,1H3,(H,17,18);1H. The fraction of sp³-hybridized carbons (Fsp3) is 0.429. The van der Waals surface area contributed by atoms with Crippen LogP contribution in [-0.4, -0.2) is 32.1 Å². The Morgan fingerprint density at radius 2 is 2.15 bits per heavy atom. The summed E-state index contributed by atoms with van der Waals surface area (Å²) in [4.78, 5) is 12.1. The number of piperidine rings is 1. The molecule has 1 aliphatic heterocycles. The lowest BCUT2D eigenvalue weighted by Gasteiger charge is -2.23. The highest BCUT2D eigenvalue weighted by Crippen LogP contribution is 2.19. The molecule has 6 heteroatoms. The number of benzene rings is 1. The summed E-state index contributed by atoms with van der Waals surface area (Å²) in [6.07, 6.45) is 1.88. The molecule has 0 bridgehead atoms. The number of rotatable bonds is 3. The van der Waals surface area contributed by atoms with Gasteiger partial charge in [0.2, 0.25) is 0 Å². The normalized spacial score (nSPS) is 14.8. The highest BCUT2D eigenvalue weighted by atomic mass is 35.5. The Bertz CT molecular complexity index is 508. The van der Waals surface area contributed by atoms with Crippen LogP contribution in [0.5, 0.6) is 5.75 Å². The van der Waals surface area contributed by atoms with Crippen LogP contribution < -0.4 is 15.4 Å². The van der Waals surface area contributed by atoms with E-state index in [1.165, 1.54) is 7.11 Å². The monoisotopic (exact) mass is 295 g/mol. The largest absolute Gasteiger partial charge is 0.495 e. The molecule has 1 heterocycles. The van der Waals surface area contributed by atoms with E-state index >= 15 is 0 Å². The molecule has 1 saturated heterocycles. The van der Waals surface area contributed by atoms with Crippen molar-refractivity contribution >= 4 is 18.3 Å². The predicted molar refractivity (Wildman–Crippen MR) is 78.3 cm³/mol. The first kappa shape index (κ1) is 16.3. The van der Waals surface area contributed by atoms with Crippen molar-refractivity contribution in [1.29, 1.82) is 5.26 Å². The Balaban J connectivity index is 0.00000200. The van der Waals surface area contributed by atoms with E-state index in [9.17, 15) is 4.79 Å². The van der Waals surface area contributed by atoms with Crippen LogP contribution in [0.4, 0.5) is 0 Å². The quantitative estimate of drug-likeness (QED) is 0.885. The summed E-state index contributed by atoms with van der Waals surface area (Å²) in [5, 5.41) is 15.3. The molecule has 1 amide bonds. The molecule has 1 aromatic carbocycles. The number of ether oxygens (including phenoxy) is 1. The summed E-state index contributed by atoms with van der Waals surface area (Å²) < 4.78 is 5.06. The van der Waals surface area contributed by atoms with Gasteiger partial charge >= 0.3 is 0 Å². The van der Waals surface area contributed by atoms with Crippen molar-refractivity contribution in [1.82, 2.24) is 10.6 Å². The van der Waals surface area contributed by atoms with Crippen molar-refractivity contribution in [3.8, 4) is 11.8 Å². The van der Waals surface area contributed by atoms with Crippen molar-refractivity contribution in [2.75, 3.05) is 20.2 Å². The number of nitriles is 1. The molecule has 1 aliphatic rings. The topological polar surface area (TPSA) is 74.2 Å². The molecule has 2 rings (SSSR count). The maximum Gasteiger partial charge on any atom is 0.251 e. The molecule has 0 radical (unpaired) electrons. The number of nitrogens with one attached hydrogen (secondary N) is 2. The van der Waals surface area contributed by atoms with E-state index < -0.39 is 0 Å². The van der Waals surface area contributed by atoms with Gasteiger partial charge in [-0.1, -0.05) is 0 Å². The second kappa shape index (κ2) is 7.73. The third-order valence-corrected chi connectivity index (χ3v) is 3.26. The first-order valence-electron chi connectivity index (χ1n) is 6.34. The molecule has 2 N–H and O–H groups in total. The van der Waals surface area contributed by atoms with Crippen molar-refractivity contribution in [3.05, 3.63) is 29.3 Å². The zero-order valence-electron chi connectivity index (χ0n) is 11.3. The van der Waals surface area contributed by atoms with Crippen LogP contribution in [0.3, 0.4) is 0 Å². The molecular weight excluding hydrogens is 278 g/mol. The summed E-state index contributed by atoms with van der Waals surface area (Å²) in [7, 11) is 1.50. The van der Waals surface area contributed by atoms with Gasteiger partial charge in [0.1, 0.15) is 11.8 Å². The van der Waals surface area contributed by atoms with Crippen molar-refractivity contribution in [2.24, 2.45) is 0 Å². The molecule has 0 spiro atoms. The third kappa shape index (κ3) is 3.86. The van der Waals surface area contributed by atoms with Gasteiger partial charge in [-0.05, 0) is 44.1 Å². The van der Waals surface area contributed by atoms with Crippen LogP contribution in [0.2, 0.25) is 0 Å². The van der Waals surface area contributed by atoms with Gasteiger partial charge in [0.05, 0.1) is 12.7 Å². The summed E-state index contributed by atoms with van der Waals surface area (Å²) in [5.74, 6) is 0.354. The Labute approximate surface area is 124 Å². The number of carbonyl (C=O) groups excluding carboxylic acids is 1. The first-order chi connectivity index (χ1) is 9.24. The van der Waals surface area contributed by atoms with E-state index in [0.29, 0.717) is 16.9 Å². The lowest BCUT2D eigenvalue weighted by atomic mass is 10.1. The summed E-state index contributed by atoms with van der Waals surface area (Å²) in [6, 6.07) is 7.13. The molecule has 1 fully saturated rings. The predicted octanol–water partition coefficient (Wildman–Crippen LogP) is 1.47. The van der Waals surface area contributed by atoms with Crippen molar-refractivity contribution in [3.63, 3.8) is 0 Å². The molecule has 0 atom stereocenters. The van der Waals surface area contributed by atoms with Gasteiger partial charge in [-0.25, -0.2) is 0 Å². The van der Waals surface area contributed by atoms with E-state index in [1.807, 2.05) is 6.07 Å². The van der Waals surface area contributed by atoms with Crippen molar-refractivity contribution < 1.29 is 9.53 Å². The van der Waals surface area contributed by atoms with Gasteiger partial charge in [0, 0.05) is 11.6 Å². The van der Waals surface area contributed by atoms with Gasteiger partial charge in [-0.2, -0.15) is 5.26 Å². The average molecular weight is 296 g/mol. The molecule has 108 valence electrons. The minimum Gasteiger partial charge on any atom is -0.495 e. The van der Waals surface area contributed by atoms with Crippen LogP contribution in [0.15, 0.2) is 18.2 Å². The van der Waals surface area contributed by atoms with Gasteiger partial charge in [0.15, 0.2) is 0 Å². The van der Waals surface area contributed by atoms with E-state index in [4.69, 9.17) is 10.00 Å². The highest BCUT2D eigenvalue weighted by Gasteiger charge is 2.17. The fourth-order valence-corrected chi connectivity index (χ4v) is 2.17. The van der Waals surface area contributed by atoms with Crippen LogP contribution in [-0.2, 0) is 0 Å². The highest BCUT2D eigenvalue weighted by molar-refractivity contribution is 5.95. The Morgan fingerprint density at radius 1 is 1.45 bits per heavy atom. The number of amides is 1. The molecule has 1 aromatic rings. The third-order valence-electron chi connectivity index (χ3n) is 3.26. The maximum absolute atomic E-state index is 12.1. The van der Waals surface area contributed by atoms with Crippen LogP contribution in [0, 0.1) is 11.3 Å². The second-order valence-electron chi connectivity index (χ2n) is 4.52. The maximum atomic E-state index is 12.1. The Morgan fingerprint density at radius 3 is 2.75 bits per heavy atom. The minimum atomic E-state index is -0.133. The zero-order chi connectivity index (χ0) is 13.7. The van der Waals surface area contributed by atoms with Gasteiger partial charge in [-0.15, -0.1) is 12.4 Å². The van der Waals surface area contributed by atoms with E-state index in [0.717, 1.165) is 25.9 Å². The number of methoxy groups -OCH3 is 1. The van der Waals surface area contributed by atoms with Gasteiger partial charge < -0.3 is 15.4 Å². The number of halogens is 1. The average Bonchev–Trinajstić information content (AvgIpc) is 2.47. The molecule has 0 aromatic heterocycles.